The van der Waals surface area contributed by atoms with Crippen LogP contribution < -0.4 is 68.6 Å². The fourth-order valence-corrected chi connectivity index (χ4v) is 3.40. The molecule has 0 spiro atoms. The third-order valence-electron chi connectivity index (χ3n) is 3.37. The van der Waals surface area contributed by atoms with Gasteiger partial charge in [0.1, 0.15) is 31.7 Å². The molecule has 0 radical (unpaired) electrons. The summed E-state index contributed by atoms with van der Waals surface area (Å²) < 4.78 is 77.6. The summed E-state index contributed by atoms with van der Waals surface area (Å²) in [7, 11) is -6.97. The molecule has 0 aromatic heterocycles. The fourth-order valence-electron chi connectivity index (χ4n) is 2.14. The van der Waals surface area contributed by atoms with Gasteiger partial charge in [0.2, 0.25) is 0 Å². The molecule has 0 amide bonds. The van der Waals surface area contributed by atoms with E-state index >= 15 is 0 Å². The van der Waals surface area contributed by atoms with Crippen molar-refractivity contribution in [1.29, 1.82) is 0 Å². The molecule has 0 N–H and O–H groups in total. The van der Waals surface area contributed by atoms with Gasteiger partial charge < -0.3 is 18.6 Å². The molecule has 0 saturated carbocycles. The van der Waals surface area contributed by atoms with Crippen LogP contribution in [0.15, 0.2) is 46.2 Å². The maximum Gasteiger partial charge on any atom is 1.00 e. The van der Waals surface area contributed by atoms with Gasteiger partial charge in [-0.25, -0.2) is 16.8 Å². The Kier molecular flexibility index (Phi) is 11.0. The van der Waals surface area contributed by atoms with Crippen molar-refractivity contribution in [2.45, 2.75) is 9.79 Å². The molecule has 140 valence electrons. The van der Waals surface area contributed by atoms with Crippen LogP contribution >= 0.6 is 0 Å². The molecule has 0 saturated heterocycles. The van der Waals surface area contributed by atoms with Crippen LogP contribution in [0.1, 0.15) is 11.1 Å². The Hall–Kier alpha value is -0.400. The molecule has 0 aliphatic heterocycles. The van der Waals surface area contributed by atoms with Crippen molar-refractivity contribution in [3.8, 4) is 11.5 Å². The number of rotatable bonds is 6. The molecule has 2 aromatic rings. The van der Waals surface area contributed by atoms with Gasteiger partial charge in [0.15, 0.2) is 0 Å². The molecule has 0 aliphatic rings. The number of benzene rings is 2. The van der Waals surface area contributed by atoms with Crippen molar-refractivity contribution < 1.29 is 94.5 Å². The van der Waals surface area contributed by atoms with Crippen molar-refractivity contribution >= 4 is 32.4 Å². The van der Waals surface area contributed by atoms with Gasteiger partial charge in [-0.3, -0.25) is 0 Å². The molecule has 2 aromatic carbocycles. The van der Waals surface area contributed by atoms with Crippen molar-refractivity contribution in [2.75, 3.05) is 14.2 Å². The summed E-state index contributed by atoms with van der Waals surface area (Å²) in [5, 5.41) is 0. The van der Waals surface area contributed by atoms with E-state index in [-0.39, 0.29) is 64.7 Å². The third kappa shape index (κ3) is 7.45. The Balaban J connectivity index is 0.00000364. The third-order valence-corrected chi connectivity index (χ3v) is 5.10. The van der Waals surface area contributed by atoms with E-state index in [1.165, 1.54) is 26.4 Å². The van der Waals surface area contributed by atoms with Gasteiger partial charge in [-0.15, -0.1) is 0 Å². The van der Waals surface area contributed by atoms with Crippen LogP contribution in [-0.4, -0.2) is 40.2 Å². The van der Waals surface area contributed by atoms with Crippen molar-refractivity contribution in [2.24, 2.45) is 0 Å². The summed E-state index contributed by atoms with van der Waals surface area (Å²) in [4.78, 5) is -1.60. The summed E-state index contributed by atoms with van der Waals surface area (Å²) in [5.74, 6) is 0.988. The second kappa shape index (κ2) is 11.1. The molecule has 0 fully saturated rings. The largest absolute Gasteiger partial charge is 1.00 e. The number of hydrogen-bond donors (Lipinski definition) is 0. The maximum atomic E-state index is 11.4. The summed E-state index contributed by atoms with van der Waals surface area (Å²) in [6, 6.07) is 7.48. The minimum absolute atomic E-state index is 0. The van der Waals surface area contributed by atoms with Gasteiger partial charge >= 0.3 is 59.1 Å². The quantitative estimate of drug-likeness (QED) is 0.248. The van der Waals surface area contributed by atoms with E-state index in [2.05, 4.69) is 0 Å². The molecule has 0 bridgehead atoms. The van der Waals surface area contributed by atoms with Crippen molar-refractivity contribution in [3.05, 3.63) is 47.5 Å². The van der Waals surface area contributed by atoms with Crippen LogP contribution in [0.4, 0.5) is 0 Å². The summed E-state index contributed by atoms with van der Waals surface area (Å²) in [6.45, 7) is 0. The molecule has 0 aliphatic carbocycles. The molecule has 0 unspecified atom stereocenters. The van der Waals surface area contributed by atoms with E-state index in [9.17, 15) is 25.9 Å². The van der Waals surface area contributed by atoms with E-state index in [4.69, 9.17) is 9.47 Å². The topological polar surface area (TPSA) is 133 Å². The summed E-state index contributed by atoms with van der Waals surface area (Å²) in [5.41, 5.74) is 0.519. The Bertz CT molecular complexity index is 1040. The van der Waals surface area contributed by atoms with E-state index in [0.29, 0.717) is 23.1 Å². The molecular formula is C16H14Na2O8S2. The summed E-state index contributed by atoms with van der Waals surface area (Å²) in [6.07, 6.45) is 2.79. The summed E-state index contributed by atoms with van der Waals surface area (Å²) >= 11 is 0. The number of ether oxygens (including phenoxy) is 2. The molecule has 28 heavy (non-hydrogen) atoms. The van der Waals surface area contributed by atoms with E-state index < -0.39 is 30.0 Å². The first-order valence-corrected chi connectivity index (χ1v) is 9.83. The zero-order chi connectivity index (χ0) is 19.5. The molecular weight excluding hydrogens is 430 g/mol. The van der Waals surface area contributed by atoms with Crippen LogP contribution in [0.5, 0.6) is 11.5 Å². The minimum atomic E-state index is -5.00. The Morgan fingerprint density at radius 3 is 1.75 bits per heavy atom. The van der Waals surface area contributed by atoms with E-state index in [1.54, 1.807) is 18.2 Å². The maximum absolute atomic E-state index is 11.4. The van der Waals surface area contributed by atoms with Gasteiger partial charge in [0.05, 0.1) is 24.0 Å². The van der Waals surface area contributed by atoms with E-state index in [1.807, 2.05) is 0 Å². The predicted molar refractivity (Wildman–Crippen MR) is 90.8 cm³/mol. The number of methoxy groups -OCH3 is 2. The Morgan fingerprint density at radius 2 is 1.32 bits per heavy atom. The SMILES string of the molecule is COc1cc(/C=C/c2ccc(S(=O)(=O)[O-])cc2S(=O)(=O)[O-])cc(OC)c1.[Na+].[Na+]. The minimum Gasteiger partial charge on any atom is -0.744 e. The Labute approximate surface area is 208 Å². The standard InChI is InChI=1S/C16H16O8S2.2Na/c1-23-13-7-11(8-14(9-13)24-2)3-4-12-5-6-15(25(17,18)19)10-16(12)26(20,21)22;;/h3-10H,1-2H3,(H,17,18,19)(H,20,21,22);;/q;2*+1/p-2/b4-3+;;. The molecule has 0 atom stereocenters. The average molecular weight is 444 g/mol. The van der Waals surface area contributed by atoms with Crippen LogP contribution in [0, 0.1) is 0 Å². The molecule has 2 rings (SSSR count). The first-order chi connectivity index (χ1) is 12.0. The average Bonchev–Trinajstić information content (AvgIpc) is 2.57. The molecule has 0 heterocycles. The Morgan fingerprint density at radius 1 is 0.786 bits per heavy atom. The van der Waals surface area contributed by atoms with Crippen LogP contribution in [0.25, 0.3) is 12.2 Å². The van der Waals surface area contributed by atoms with Gasteiger partial charge in [-0.05, 0) is 35.4 Å². The van der Waals surface area contributed by atoms with Crippen LogP contribution in [0.2, 0.25) is 0 Å². The molecule has 8 nitrogen and oxygen atoms in total. The van der Waals surface area contributed by atoms with Gasteiger partial charge in [-0.2, -0.15) is 0 Å². The van der Waals surface area contributed by atoms with Crippen LogP contribution in [-0.2, 0) is 20.2 Å². The first kappa shape index (κ1) is 27.6. The predicted octanol–water partition coefficient (Wildman–Crippen LogP) is -4.31. The van der Waals surface area contributed by atoms with Gasteiger partial charge in [-0.1, -0.05) is 18.2 Å². The zero-order valence-corrected chi connectivity index (χ0v) is 21.3. The zero-order valence-electron chi connectivity index (χ0n) is 15.7. The second-order valence-corrected chi connectivity index (χ2v) is 7.81. The molecule has 12 heteroatoms. The smallest absolute Gasteiger partial charge is 0.744 e. The van der Waals surface area contributed by atoms with Crippen molar-refractivity contribution in [3.63, 3.8) is 0 Å². The number of hydrogen-bond acceptors (Lipinski definition) is 8. The second-order valence-electron chi connectivity index (χ2n) is 5.09. The first-order valence-electron chi connectivity index (χ1n) is 7.01. The van der Waals surface area contributed by atoms with Gasteiger partial charge in [0, 0.05) is 6.07 Å². The monoisotopic (exact) mass is 444 g/mol. The van der Waals surface area contributed by atoms with Gasteiger partial charge in [0.25, 0.3) is 0 Å². The normalized spacial score (nSPS) is 11.4. The van der Waals surface area contributed by atoms with Crippen LogP contribution in [0.3, 0.4) is 0 Å². The van der Waals surface area contributed by atoms with E-state index in [0.717, 1.165) is 12.1 Å². The van der Waals surface area contributed by atoms with Crippen molar-refractivity contribution in [1.82, 2.24) is 0 Å². The fraction of sp³-hybridized carbons (Fsp3) is 0.125.